The van der Waals surface area contributed by atoms with E-state index in [1.165, 1.54) is 6.42 Å². The van der Waals surface area contributed by atoms with Gasteiger partial charge in [0.05, 0.1) is 28.4 Å². The highest BCUT2D eigenvalue weighted by atomic mass is 32.2. The number of amides is 1. The second-order valence-corrected chi connectivity index (χ2v) is 8.81. The third-order valence-corrected chi connectivity index (χ3v) is 4.80. The lowest BCUT2D eigenvalue weighted by Gasteiger charge is -2.22. The van der Waals surface area contributed by atoms with Crippen molar-refractivity contribution in [3.05, 3.63) is 59.9 Å². The molecule has 0 atom stereocenters. The molecule has 1 amide bonds. The van der Waals surface area contributed by atoms with E-state index in [4.69, 9.17) is 23.2 Å². The number of nitrogens with zero attached hydrogens (tertiary/aromatic N) is 1. The predicted molar refractivity (Wildman–Crippen MR) is 114 cm³/mol. The van der Waals surface area contributed by atoms with Crippen molar-refractivity contribution in [3.63, 3.8) is 0 Å². The van der Waals surface area contributed by atoms with Crippen molar-refractivity contribution in [2.75, 3.05) is 17.3 Å². The number of hydrogen-bond donors (Lipinski definition) is 2. The third kappa shape index (κ3) is 7.19. The summed E-state index contributed by atoms with van der Waals surface area (Å²) < 4.78 is 32.4. The first kappa shape index (κ1) is 22.4. The molecule has 1 aliphatic carbocycles. The Morgan fingerprint density at radius 2 is 1.87 bits per heavy atom. The van der Waals surface area contributed by atoms with Crippen molar-refractivity contribution in [1.82, 2.24) is 5.16 Å². The molecule has 1 aromatic carbocycles. The van der Waals surface area contributed by atoms with E-state index in [0.717, 1.165) is 35.2 Å². The molecule has 0 unspecified atom stereocenters. The zero-order valence-corrected chi connectivity index (χ0v) is 17.8. The van der Waals surface area contributed by atoms with Crippen LogP contribution in [0.2, 0.25) is 0 Å². The number of carbonyl (C=O) groups is 1. The summed E-state index contributed by atoms with van der Waals surface area (Å²) in [6, 6.07) is 13.5. The van der Waals surface area contributed by atoms with E-state index in [1.54, 1.807) is 0 Å². The average molecular weight is 445 g/mol. The molecule has 2 aromatic heterocycles. The zero-order valence-electron chi connectivity index (χ0n) is 17.0. The van der Waals surface area contributed by atoms with Crippen LogP contribution in [0.15, 0.2) is 53.2 Å². The molecule has 0 saturated heterocycles. The first-order chi connectivity index (χ1) is 14.7. The van der Waals surface area contributed by atoms with E-state index in [0.29, 0.717) is 23.9 Å². The Morgan fingerprint density at radius 1 is 1.23 bits per heavy atom. The molecule has 4 rings (SSSR count). The van der Waals surface area contributed by atoms with Gasteiger partial charge in [0.15, 0.2) is 0 Å². The molecule has 1 saturated carbocycles. The first-order valence-corrected chi connectivity index (χ1v) is 11.5. The van der Waals surface area contributed by atoms with Crippen molar-refractivity contribution >= 4 is 27.7 Å². The maximum absolute atomic E-state index is 12.2. The molecule has 0 aliphatic heterocycles. The molecule has 9 nitrogen and oxygen atoms in total. The van der Waals surface area contributed by atoms with Crippen molar-refractivity contribution in [2.45, 2.75) is 31.6 Å². The molecule has 3 aromatic rings. The number of rotatable bonds is 5. The number of hydrogen-bond acceptors (Lipinski definition) is 7. The Morgan fingerprint density at radius 3 is 2.42 bits per heavy atom. The van der Waals surface area contributed by atoms with Gasteiger partial charge in [0.2, 0.25) is 11.8 Å². The van der Waals surface area contributed by atoms with Crippen LogP contribution in [-0.4, -0.2) is 30.3 Å². The minimum Gasteiger partial charge on any atom is -0.748 e. The van der Waals surface area contributed by atoms with Crippen LogP contribution in [0.25, 0.3) is 11.1 Å². The Bertz CT molecular complexity index is 1110. The van der Waals surface area contributed by atoms with E-state index in [9.17, 15) is 4.79 Å². The van der Waals surface area contributed by atoms with E-state index in [1.807, 2.05) is 48.7 Å². The summed E-state index contributed by atoms with van der Waals surface area (Å²) in [4.78, 5) is 15.2. The van der Waals surface area contributed by atoms with Gasteiger partial charge >= 0.3 is 0 Å². The molecule has 1 aliphatic rings. The van der Waals surface area contributed by atoms with Crippen LogP contribution in [-0.2, 0) is 21.3 Å². The number of benzene rings is 1. The number of carbonyl (C=O) groups excluding carboxylic acids is 1. The SMILES string of the molecule is CS(=O)(=O)[O-].Nc1ccc(-c2ccc(CC(=O)Nc3cc(C4CCC4)no3)cc2)c[nH+]1. The number of aromatic nitrogens is 2. The maximum Gasteiger partial charge on any atom is 0.270 e. The van der Waals surface area contributed by atoms with Crippen LogP contribution in [0.3, 0.4) is 0 Å². The standard InChI is InChI=1S/C20H20N4O2.CH4O3S/c21-18-9-8-16(12-22-18)14-6-4-13(5-7-14)10-19(25)23-20-11-17(24-26-20)15-2-1-3-15;1-5(2,3)4/h4-9,11-12,15H,1-3,10H2,(H2,21,22)(H,23,25);1H3,(H,2,3,4). The summed E-state index contributed by atoms with van der Waals surface area (Å²) in [7, 11) is -3.92. The number of nitrogen functional groups attached to an aromatic ring is 1. The molecule has 0 spiro atoms. The summed E-state index contributed by atoms with van der Waals surface area (Å²) >= 11 is 0. The fourth-order valence-electron chi connectivity index (χ4n) is 3.04. The fourth-order valence-corrected chi connectivity index (χ4v) is 3.04. The van der Waals surface area contributed by atoms with Crippen LogP contribution in [0, 0.1) is 0 Å². The average Bonchev–Trinajstić information content (AvgIpc) is 3.08. The Kier molecular flexibility index (Phi) is 7.03. The lowest BCUT2D eigenvalue weighted by molar-refractivity contribution is -0.359. The summed E-state index contributed by atoms with van der Waals surface area (Å²) in [5.74, 6) is 1.42. The number of anilines is 2. The van der Waals surface area contributed by atoms with E-state index in [-0.39, 0.29) is 12.3 Å². The van der Waals surface area contributed by atoms with Gasteiger partial charge in [-0.1, -0.05) is 35.8 Å². The lowest BCUT2D eigenvalue weighted by Crippen LogP contribution is -2.14. The van der Waals surface area contributed by atoms with Gasteiger partial charge < -0.3 is 9.08 Å². The van der Waals surface area contributed by atoms with Gasteiger partial charge in [-0.15, -0.1) is 0 Å². The van der Waals surface area contributed by atoms with Gasteiger partial charge in [0, 0.05) is 29.9 Å². The Hall–Kier alpha value is -3.24. The molecule has 31 heavy (non-hydrogen) atoms. The molecule has 1 fully saturated rings. The number of pyridine rings is 1. The molecular weight excluding hydrogens is 420 g/mol. The van der Waals surface area contributed by atoms with Crippen LogP contribution in [0.4, 0.5) is 11.7 Å². The monoisotopic (exact) mass is 444 g/mol. The number of H-pyrrole nitrogens is 1. The second kappa shape index (κ2) is 9.71. The van der Waals surface area contributed by atoms with Gasteiger partial charge in [0.1, 0.15) is 0 Å². The highest BCUT2D eigenvalue weighted by Crippen LogP contribution is 2.36. The maximum atomic E-state index is 12.2. The van der Waals surface area contributed by atoms with Crippen molar-refractivity contribution in [3.8, 4) is 11.1 Å². The van der Waals surface area contributed by atoms with Gasteiger partial charge in [-0.25, -0.2) is 13.4 Å². The van der Waals surface area contributed by atoms with Crippen LogP contribution >= 0.6 is 0 Å². The lowest BCUT2D eigenvalue weighted by atomic mass is 9.83. The topological polar surface area (TPSA) is 152 Å². The minimum atomic E-state index is -3.92. The van der Waals surface area contributed by atoms with E-state index >= 15 is 0 Å². The summed E-state index contributed by atoms with van der Waals surface area (Å²) in [6.45, 7) is 0. The quantitative estimate of drug-likeness (QED) is 0.573. The van der Waals surface area contributed by atoms with Crippen molar-refractivity contribution in [1.29, 1.82) is 0 Å². The summed E-state index contributed by atoms with van der Waals surface area (Å²) in [5.41, 5.74) is 9.64. The largest absolute Gasteiger partial charge is 0.748 e. The highest BCUT2D eigenvalue weighted by molar-refractivity contribution is 7.84. The molecule has 0 bridgehead atoms. The van der Waals surface area contributed by atoms with Gasteiger partial charge in [-0.2, -0.15) is 0 Å². The van der Waals surface area contributed by atoms with Gasteiger partial charge in [0.25, 0.3) is 5.82 Å². The molecule has 10 heteroatoms. The van der Waals surface area contributed by atoms with Crippen LogP contribution < -0.4 is 16.0 Å². The fraction of sp³-hybridized carbons (Fsp3) is 0.286. The normalized spacial score (nSPS) is 13.6. The smallest absolute Gasteiger partial charge is 0.270 e. The molecule has 4 N–H and O–H groups in total. The summed E-state index contributed by atoms with van der Waals surface area (Å²) in [5, 5.41) is 6.83. The number of aromatic amines is 1. The van der Waals surface area contributed by atoms with Crippen molar-refractivity contribution in [2.24, 2.45) is 0 Å². The first-order valence-electron chi connectivity index (χ1n) is 9.71. The predicted octanol–water partition coefficient (Wildman–Crippen LogP) is 2.35. The number of nitrogens with two attached hydrogens (primary N) is 1. The van der Waals surface area contributed by atoms with Crippen LogP contribution in [0.1, 0.15) is 36.4 Å². The second-order valence-electron chi connectivity index (χ2n) is 7.40. The number of nitrogens with one attached hydrogen (secondary N) is 2. The van der Waals surface area contributed by atoms with Gasteiger partial charge in [-0.05, 0) is 30.0 Å². The van der Waals surface area contributed by atoms with Crippen LogP contribution in [0.5, 0.6) is 0 Å². The van der Waals surface area contributed by atoms with E-state index < -0.39 is 10.1 Å². The Balaban J connectivity index is 0.000000491. The molecule has 164 valence electrons. The molecular formula is C21H24N4O5S. The van der Waals surface area contributed by atoms with Gasteiger partial charge in [-0.3, -0.25) is 15.8 Å². The Labute approximate surface area is 180 Å². The zero-order chi connectivity index (χ0) is 22.4. The van der Waals surface area contributed by atoms with E-state index in [2.05, 4.69) is 15.5 Å². The third-order valence-electron chi connectivity index (χ3n) is 4.80. The van der Waals surface area contributed by atoms with Crippen molar-refractivity contribution < 1.29 is 27.3 Å². The minimum absolute atomic E-state index is 0.116. The molecule has 0 radical (unpaired) electrons. The molecule has 2 heterocycles. The summed E-state index contributed by atoms with van der Waals surface area (Å²) in [6.07, 6.45) is 6.29. The highest BCUT2D eigenvalue weighted by Gasteiger charge is 2.23.